The van der Waals surface area contributed by atoms with Crippen LogP contribution in [0, 0.1) is 0 Å². The Kier molecular flexibility index (Phi) is 5.57. The number of likely N-dealkylation sites (N-methyl/N-ethyl adjacent to an activating group) is 1. The molecule has 5 nitrogen and oxygen atoms in total. The van der Waals surface area contributed by atoms with E-state index in [4.69, 9.17) is 11.6 Å². The van der Waals surface area contributed by atoms with Crippen molar-refractivity contribution >= 4 is 29.0 Å². The molecule has 9 heteroatoms. The summed E-state index contributed by atoms with van der Waals surface area (Å²) in [6.07, 6.45) is -3.06. The fourth-order valence-electron chi connectivity index (χ4n) is 2.72. The minimum atomic E-state index is -4.47. The molecule has 1 aromatic carbocycles. The predicted octanol–water partition coefficient (Wildman–Crippen LogP) is 3.89. The summed E-state index contributed by atoms with van der Waals surface area (Å²) in [7, 11) is 2.00. The van der Waals surface area contributed by atoms with Crippen molar-refractivity contribution in [2.75, 3.05) is 38.5 Å². The number of rotatable bonds is 3. The van der Waals surface area contributed by atoms with Gasteiger partial charge >= 0.3 is 6.18 Å². The van der Waals surface area contributed by atoms with Crippen LogP contribution in [-0.2, 0) is 6.18 Å². The van der Waals surface area contributed by atoms with Crippen LogP contribution in [0.4, 0.5) is 24.7 Å². The van der Waals surface area contributed by atoms with Gasteiger partial charge in [0.15, 0.2) is 0 Å². The topological polar surface area (TPSA) is 48.5 Å². The van der Waals surface area contributed by atoms with E-state index in [-0.39, 0.29) is 16.6 Å². The third kappa shape index (κ3) is 4.70. The van der Waals surface area contributed by atoms with Gasteiger partial charge < -0.3 is 15.1 Å². The summed E-state index contributed by atoms with van der Waals surface area (Å²) in [5, 5.41) is 2.90. The molecule has 27 heavy (non-hydrogen) atoms. The van der Waals surface area contributed by atoms with Crippen LogP contribution in [0.5, 0.6) is 0 Å². The maximum atomic E-state index is 12.8. The van der Waals surface area contributed by atoms with E-state index in [1.807, 2.05) is 7.05 Å². The van der Waals surface area contributed by atoms with E-state index >= 15 is 0 Å². The van der Waals surface area contributed by atoms with Gasteiger partial charge in [-0.15, -0.1) is 0 Å². The van der Waals surface area contributed by atoms with Crippen LogP contribution in [0.25, 0.3) is 0 Å². The molecule has 0 radical (unpaired) electrons. The Morgan fingerprint density at radius 1 is 1.15 bits per heavy atom. The molecule has 0 unspecified atom stereocenters. The van der Waals surface area contributed by atoms with Crippen LogP contribution in [0.15, 0.2) is 36.5 Å². The van der Waals surface area contributed by atoms with Crippen molar-refractivity contribution in [3.63, 3.8) is 0 Å². The number of amides is 1. The van der Waals surface area contributed by atoms with Gasteiger partial charge in [0.05, 0.1) is 21.8 Å². The predicted molar refractivity (Wildman–Crippen MR) is 97.4 cm³/mol. The Morgan fingerprint density at radius 2 is 1.85 bits per heavy atom. The fourth-order valence-corrected chi connectivity index (χ4v) is 2.89. The number of anilines is 2. The average molecular weight is 399 g/mol. The Balaban J connectivity index is 1.72. The van der Waals surface area contributed by atoms with Gasteiger partial charge in [-0.3, -0.25) is 4.79 Å². The van der Waals surface area contributed by atoms with Crippen molar-refractivity contribution in [3.8, 4) is 0 Å². The molecule has 3 rings (SSSR count). The SMILES string of the molecule is CN1CCN(C(=O)c2ccc(Nc3cc(C(F)(F)F)ccc3Cl)nc2)CC1. The molecular weight excluding hydrogens is 381 g/mol. The molecule has 1 aliphatic heterocycles. The molecule has 0 aliphatic carbocycles. The van der Waals surface area contributed by atoms with E-state index in [2.05, 4.69) is 15.2 Å². The number of nitrogens with one attached hydrogen (secondary N) is 1. The number of alkyl halides is 3. The molecule has 1 fully saturated rings. The lowest BCUT2D eigenvalue weighted by atomic mass is 10.2. The van der Waals surface area contributed by atoms with E-state index < -0.39 is 11.7 Å². The van der Waals surface area contributed by atoms with Crippen molar-refractivity contribution in [1.29, 1.82) is 0 Å². The number of piperazine rings is 1. The molecule has 0 saturated carbocycles. The van der Waals surface area contributed by atoms with Crippen LogP contribution in [0.2, 0.25) is 5.02 Å². The molecule has 1 aromatic heterocycles. The minimum Gasteiger partial charge on any atom is -0.339 e. The maximum Gasteiger partial charge on any atom is 0.416 e. The number of carbonyl (C=O) groups is 1. The molecule has 1 N–H and O–H groups in total. The molecule has 144 valence electrons. The molecule has 0 atom stereocenters. The van der Waals surface area contributed by atoms with Crippen LogP contribution in [-0.4, -0.2) is 53.9 Å². The van der Waals surface area contributed by atoms with E-state index in [0.29, 0.717) is 24.5 Å². The number of aromatic nitrogens is 1. The van der Waals surface area contributed by atoms with Crippen molar-refractivity contribution in [1.82, 2.24) is 14.8 Å². The van der Waals surface area contributed by atoms with E-state index in [1.165, 1.54) is 12.3 Å². The first-order valence-electron chi connectivity index (χ1n) is 8.31. The number of nitrogens with zero attached hydrogens (tertiary/aromatic N) is 3. The molecule has 2 aromatic rings. The van der Waals surface area contributed by atoms with Crippen LogP contribution in [0.3, 0.4) is 0 Å². The number of benzene rings is 1. The van der Waals surface area contributed by atoms with E-state index in [9.17, 15) is 18.0 Å². The van der Waals surface area contributed by atoms with Crippen molar-refractivity contribution in [2.45, 2.75) is 6.18 Å². The second-order valence-corrected chi connectivity index (χ2v) is 6.75. The van der Waals surface area contributed by atoms with Gasteiger partial charge in [-0.1, -0.05) is 11.6 Å². The van der Waals surface area contributed by atoms with Gasteiger partial charge in [-0.25, -0.2) is 4.98 Å². The lowest BCUT2D eigenvalue weighted by molar-refractivity contribution is -0.137. The minimum absolute atomic E-state index is 0.0946. The molecule has 0 spiro atoms. The quantitative estimate of drug-likeness (QED) is 0.852. The first kappa shape index (κ1) is 19.4. The Morgan fingerprint density at radius 3 is 2.44 bits per heavy atom. The summed E-state index contributed by atoms with van der Waals surface area (Å²) < 4.78 is 38.5. The first-order chi connectivity index (χ1) is 12.7. The monoisotopic (exact) mass is 398 g/mol. The summed E-state index contributed by atoms with van der Waals surface area (Å²) >= 11 is 5.97. The van der Waals surface area contributed by atoms with E-state index in [1.54, 1.807) is 17.0 Å². The average Bonchev–Trinajstić information content (AvgIpc) is 2.63. The standard InChI is InChI=1S/C18H18ClF3N4O/c1-25-6-8-26(9-7-25)17(27)12-2-5-16(23-11-12)24-15-10-13(18(20,21)22)3-4-14(15)19/h2-5,10-11H,6-9H2,1H3,(H,23,24). The van der Waals surface area contributed by atoms with Crippen LogP contribution >= 0.6 is 11.6 Å². The summed E-state index contributed by atoms with van der Waals surface area (Å²) in [6.45, 7) is 2.92. The number of carbonyl (C=O) groups excluding carboxylic acids is 1. The van der Waals surface area contributed by atoms with Gasteiger partial charge in [0, 0.05) is 32.4 Å². The summed E-state index contributed by atoms with van der Waals surface area (Å²) in [6, 6.07) is 6.15. The number of hydrogen-bond donors (Lipinski definition) is 1. The van der Waals surface area contributed by atoms with Crippen LogP contribution < -0.4 is 5.32 Å². The van der Waals surface area contributed by atoms with Crippen molar-refractivity contribution in [2.24, 2.45) is 0 Å². The Hall–Kier alpha value is -2.32. The molecule has 0 bridgehead atoms. The highest BCUT2D eigenvalue weighted by Crippen LogP contribution is 2.34. The lowest BCUT2D eigenvalue weighted by Gasteiger charge is -2.32. The molecule has 1 aliphatic rings. The third-order valence-electron chi connectivity index (χ3n) is 4.36. The second kappa shape index (κ2) is 7.74. The number of hydrogen-bond acceptors (Lipinski definition) is 4. The first-order valence-corrected chi connectivity index (χ1v) is 8.69. The molecular formula is C18H18ClF3N4O. The number of halogens is 4. The van der Waals surface area contributed by atoms with E-state index in [0.717, 1.165) is 25.2 Å². The molecule has 1 amide bonds. The largest absolute Gasteiger partial charge is 0.416 e. The maximum absolute atomic E-state index is 12.8. The zero-order valence-electron chi connectivity index (χ0n) is 14.6. The van der Waals surface area contributed by atoms with Crippen molar-refractivity contribution < 1.29 is 18.0 Å². The van der Waals surface area contributed by atoms with Gasteiger partial charge in [0.1, 0.15) is 5.82 Å². The summed E-state index contributed by atoms with van der Waals surface area (Å²) in [5.74, 6) is 0.186. The number of pyridine rings is 1. The van der Waals surface area contributed by atoms with Crippen LogP contribution in [0.1, 0.15) is 15.9 Å². The smallest absolute Gasteiger partial charge is 0.339 e. The lowest BCUT2D eigenvalue weighted by Crippen LogP contribution is -2.47. The second-order valence-electron chi connectivity index (χ2n) is 6.34. The highest BCUT2D eigenvalue weighted by molar-refractivity contribution is 6.33. The van der Waals surface area contributed by atoms with Crippen molar-refractivity contribution in [3.05, 3.63) is 52.7 Å². The highest BCUT2D eigenvalue weighted by Gasteiger charge is 2.31. The summed E-state index contributed by atoms with van der Waals surface area (Å²) in [5.41, 5.74) is -0.284. The zero-order valence-corrected chi connectivity index (χ0v) is 15.3. The highest BCUT2D eigenvalue weighted by atomic mass is 35.5. The van der Waals surface area contributed by atoms with Gasteiger partial charge in [-0.05, 0) is 37.4 Å². The normalized spacial score (nSPS) is 15.7. The Labute approximate surface area is 159 Å². The van der Waals surface area contributed by atoms with Gasteiger partial charge in [0.25, 0.3) is 5.91 Å². The summed E-state index contributed by atoms with van der Waals surface area (Å²) in [4.78, 5) is 20.5. The zero-order chi connectivity index (χ0) is 19.6. The molecule has 2 heterocycles. The third-order valence-corrected chi connectivity index (χ3v) is 4.69. The fraction of sp³-hybridized carbons (Fsp3) is 0.333. The Bertz CT molecular complexity index is 818. The van der Waals surface area contributed by atoms with Gasteiger partial charge in [-0.2, -0.15) is 13.2 Å². The molecule has 1 saturated heterocycles. The van der Waals surface area contributed by atoms with Gasteiger partial charge in [0.2, 0.25) is 0 Å².